The van der Waals surface area contributed by atoms with Crippen LogP contribution in [0.3, 0.4) is 0 Å². The van der Waals surface area contributed by atoms with Gasteiger partial charge in [-0.25, -0.2) is 4.57 Å². The summed E-state index contributed by atoms with van der Waals surface area (Å²) in [4.78, 5) is 0. The third kappa shape index (κ3) is 4.02. The number of benzene rings is 3. The van der Waals surface area contributed by atoms with Crippen LogP contribution in [-0.2, 0) is 19.9 Å². The molecule has 0 radical (unpaired) electrons. The molecule has 0 spiro atoms. The average molecular weight is 529 g/mol. The van der Waals surface area contributed by atoms with Crippen LogP contribution >= 0.6 is 0 Å². The first kappa shape index (κ1) is 25.6. The lowest BCUT2D eigenvalue weighted by Crippen LogP contribution is -2.32. The standard InChI is InChI=1S/C38H42NO/c1-23(2)34-22-39(5)35(21-25(34)4)36-24(3)17-18-33-32-16-10-15-31(37(32)40-38(33)36)30-20-19-27(26-11-7-6-8-12-26)28-13-9-14-29(28)30/h10,15-23,26H,6-9,11-14H2,1-5H3/q+1. The molecule has 3 aromatic carbocycles. The molecule has 0 N–H and O–H groups in total. The van der Waals surface area contributed by atoms with Crippen molar-refractivity contribution in [3.63, 3.8) is 0 Å². The van der Waals surface area contributed by atoms with Crippen molar-refractivity contribution in [1.29, 1.82) is 0 Å². The summed E-state index contributed by atoms with van der Waals surface area (Å²) in [5, 5.41) is 2.42. The summed E-state index contributed by atoms with van der Waals surface area (Å²) in [5.41, 5.74) is 16.0. The van der Waals surface area contributed by atoms with E-state index in [9.17, 15) is 0 Å². The molecule has 2 heterocycles. The zero-order valence-corrected chi connectivity index (χ0v) is 24.9. The predicted molar refractivity (Wildman–Crippen MR) is 167 cm³/mol. The maximum Gasteiger partial charge on any atom is 0.216 e. The van der Waals surface area contributed by atoms with Gasteiger partial charge < -0.3 is 4.42 Å². The lowest BCUT2D eigenvalue weighted by Gasteiger charge is -2.25. The molecule has 2 aliphatic rings. The lowest BCUT2D eigenvalue weighted by molar-refractivity contribution is -0.660. The minimum Gasteiger partial charge on any atom is -0.454 e. The maximum absolute atomic E-state index is 6.97. The molecule has 204 valence electrons. The molecule has 0 bridgehead atoms. The summed E-state index contributed by atoms with van der Waals surface area (Å²) < 4.78 is 9.26. The zero-order valence-electron chi connectivity index (χ0n) is 24.9. The van der Waals surface area contributed by atoms with E-state index in [0.29, 0.717) is 5.92 Å². The molecule has 2 aromatic heterocycles. The Kier molecular flexibility index (Phi) is 6.33. The van der Waals surface area contributed by atoms with Crippen molar-refractivity contribution in [2.75, 3.05) is 0 Å². The second-order valence-corrected chi connectivity index (χ2v) is 12.8. The van der Waals surface area contributed by atoms with Crippen molar-refractivity contribution in [3.05, 3.63) is 88.1 Å². The topological polar surface area (TPSA) is 17.0 Å². The summed E-state index contributed by atoms with van der Waals surface area (Å²) in [6.07, 6.45) is 12.9. The summed E-state index contributed by atoms with van der Waals surface area (Å²) in [7, 11) is 2.17. The number of rotatable bonds is 4. The van der Waals surface area contributed by atoms with Crippen molar-refractivity contribution in [3.8, 4) is 22.4 Å². The summed E-state index contributed by atoms with van der Waals surface area (Å²) in [6, 6.07) is 18.5. The number of para-hydroxylation sites is 1. The monoisotopic (exact) mass is 528 g/mol. The molecule has 40 heavy (non-hydrogen) atoms. The van der Waals surface area contributed by atoms with Crippen LogP contribution in [0.25, 0.3) is 44.3 Å². The van der Waals surface area contributed by atoms with Gasteiger partial charge in [0.15, 0.2) is 6.20 Å². The normalized spacial score (nSPS) is 15.9. The van der Waals surface area contributed by atoms with Crippen LogP contribution in [-0.4, -0.2) is 0 Å². The summed E-state index contributed by atoms with van der Waals surface area (Å²) >= 11 is 0. The molecule has 0 unspecified atom stereocenters. The smallest absolute Gasteiger partial charge is 0.216 e. The number of pyridine rings is 1. The fraction of sp³-hybridized carbons (Fsp3) is 0.395. The van der Waals surface area contributed by atoms with Crippen molar-refractivity contribution in [2.24, 2.45) is 7.05 Å². The van der Waals surface area contributed by atoms with Crippen LogP contribution in [0.4, 0.5) is 0 Å². The summed E-state index contributed by atoms with van der Waals surface area (Å²) in [6.45, 7) is 8.99. The van der Waals surface area contributed by atoms with Gasteiger partial charge in [0.1, 0.15) is 18.2 Å². The zero-order chi connectivity index (χ0) is 27.5. The van der Waals surface area contributed by atoms with Crippen LogP contribution in [0, 0.1) is 13.8 Å². The fourth-order valence-electron chi connectivity index (χ4n) is 7.90. The Morgan fingerprint density at radius 1 is 0.775 bits per heavy atom. The van der Waals surface area contributed by atoms with Crippen LogP contribution in [0.5, 0.6) is 0 Å². The minimum absolute atomic E-state index is 0.497. The van der Waals surface area contributed by atoms with E-state index < -0.39 is 0 Å². The number of nitrogens with zero attached hydrogens (tertiary/aromatic N) is 1. The Balaban J connectivity index is 1.43. The van der Waals surface area contributed by atoms with Gasteiger partial charge in [-0.15, -0.1) is 0 Å². The molecule has 0 atom stereocenters. The van der Waals surface area contributed by atoms with Gasteiger partial charge in [0, 0.05) is 28.0 Å². The van der Waals surface area contributed by atoms with Gasteiger partial charge in [0.25, 0.3) is 0 Å². The average Bonchev–Trinajstić information content (AvgIpc) is 3.59. The van der Waals surface area contributed by atoms with E-state index >= 15 is 0 Å². The molecule has 1 fully saturated rings. The number of hydrogen-bond donors (Lipinski definition) is 0. The van der Waals surface area contributed by atoms with Crippen LogP contribution in [0.2, 0.25) is 0 Å². The van der Waals surface area contributed by atoms with Gasteiger partial charge in [-0.3, -0.25) is 0 Å². The van der Waals surface area contributed by atoms with Gasteiger partial charge in [-0.2, -0.15) is 0 Å². The molecule has 2 nitrogen and oxygen atoms in total. The van der Waals surface area contributed by atoms with E-state index in [-0.39, 0.29) is 0 Å². The first-order valence-corrected chi connectivity index (χ1v) is 15.5. The van der Waals surface area contributed by atoms with E-state index in [1.165, 1.54) is 101 Å². The predicted octanol–water partition coefficient (Wildman–Crippen LogP) is 10.0. The number of aromatic nitrogens is 1. The molecule has 2 aliphatic carbocycles. The number of hydrogen-bond acceptors (Lipinski definition) is 1. The Morgan fingerprint density at radius 2 is 1.55 bits per heavy atom. The third-order valence-corrected chi connectivity index (χ3v) is 9.93. The first-order valence-electron chi connectivity index (χ1n) is 15.5. The van der Waals surface area contributed by atoms with Crippen molar-refractivity contribution < 1.29 is 8.98 Å². The molecule has 2 heteroatoms. The van der Waals surface area contributed by atoms with Crippen LogP contribution in [0.1, 0.15) is 97.6 Å². The first-order chi connectivity index (χ1) is 19.4. The molecular formula is C38H42NO+. The molecule has 0 amide bonds. The molecule has 0 saturated heterocycles. The van der Waals surface area contributed by atoms with E-state index in [2.05, 4.69) is 94.0 Å². The van der Waals surface area contributed by atoms with Crippen molar-refractivity contribution in [1.82, 2.24) is 0 Å². The molecular weight excluding hydrogens is 486 g/mol. The molecule has 0 aliphatic heterocycles. The Hall–Kier alpha value is -3.39. The molecule has 5 aromatic rings. The quantitative estimate of drug-likeness (QED) is 0.212. The third-order valence-electron chi connectivity index (χ3n) is 9.93. The highest BCUT2D eigenvalue weighted by atomic mass is 16.3. The Morgan fingerprint density at radius 3 is 2.35 bits per heavy atom. The summed E-state index contributed by atoms with van der Waals surface area (Å²) in [5.74, 6) is 1.26. The highest BCUT2D eigenvalue weighted by Gasteiger charge is 2.27. The van der Waals surface area contributed by atoms with Gasteiger partial charge in [-0.05, 0) is 91.2 Å². The lowest BCUT2D eigenvalue weighted by atomic mass is 9.80. The van der Waals surface area contributed by atoms with Crippen molar-refractivity contribution in [2.45, 2.75) is 90.9 Å². The van der Waals surface area contributed by atoms with Crippen molar-refractivity contribution >= 4 is 21.9 Å². The van der Waals surface area contributed by atoms with E-state index in [0.717, 1.165) is 17.1 Å². The second-order valence-electron chi connectivity index (χ2n) is 12.8. The van der Waals surface area contributed by atoms with Gasteiger partial charge in [-0.1, -0.05) is 75.6 Å². The van der Waals surface area contributed by atoms with Gasteiger partial charge >= 0.3 is 0 Å². The largest absolute Gasteiger partial charge is 0.454 e. The minimum atomic E-state index is 0.497. The van der Waals surface area contributed by atoms with Gasteiger partial charge in [0.2, 0.25) is 5.69 Å². The number of fused-ring (bicyclic) bond motifs is 4. The highest BCUT2D eigenvalue weighted by molar-refractivity contribution is 6.13. The second kappa shape index (κ2) is 9.91. The SMILES string of the molecule is Cc1cc(-c2c(C)ccc3c2oc2c(-c4ccc(C5CCCCC5)c5c4CCC5)cccc23)[n+](C)cc1C(C)C. The van der Waals surface area contributed by atoms with E-state index in [1.807, 2.05) is 0 Å². The molecule has 1 saturated carbocycles. The number of furan rings is 1. The molecule has 7 rings (SSSR count). The maximum atomic E-state index is 6.97. The fourth-order valence-corrected chi connectivity index (χ4v) is 7.90. The van der Waals surface area contributed by atoms with Crippen LogP contribution < -0.4 is 4.57 Å². The Bertz CT molecular complexity index is 1760. The Labute approximate surface area is 239 Å². The number of aryl methyl sites for hydroxylation is 3. The van der Waals surface area contributed by atoms with Gasteiger partial charge in [0.05, 0.1) is 5.56 Å². The highest BCUT2D eigenvalue weighted by Crippen LogP contribution is 2.45. The van der Waals surface area contributed by atoms with E-state index in [4.69, 9.17) is 4.42 Å². The van der Waals surface area contributed by atoms with E-state index in [1.54, 1.807) is 16.7 Å². The van der Waals surface area contributed by atoms with Crippen LogP contribution in [0.15, 0.2) is 59.1 Å².